The van der Waals surface area contributed by atoms with E-state index in [1.54, 1.807) is 0 Å². The zero-order chi connectivity index (χ0) is 35.5. The van der Waals surface area contributed by atoms with Gasteiger partial charge in [-0.05, 0) is 88.7 Å². The predicted molar refractivity (Wildman–Crippen MR) is 224 cm³/mol. The summed E-state index contributed by atoms with van der Waals surface area (Å²) in [5, 5.41) is 3.90. The van der Waals surface area contributed by atoms with E-state index in [0.29, 0.717) is 0 Å². The van der Waals surface area contributed by atoms with Crippen LogP contribution in [-0.2, 0) is 11.8 Å². The highest BCUT2D eigenvalue weighted by molar-refractivity contribution is 6.09. The molecule has 0 spiro atoms. The number of rotatable bonds is 6. The van der Waals surface area contributed by atoms with Crippen molar-refractivity contribution in [2.45, 2.75) is 32.1 Å². The number of para-hydroxylation sites is 3. The molecule has 2 heteroatoms. The van der Waals surface area contributed by atoms with Crippen molar-refractivity contribution in [3.05, 3.63) is 198 Å². The highest BCUT2D eigenvalue weighted by atomic mass is 15.0. The van der Waals surface area contributed by atoms with E-state index in [-0.39, 0.29) is 5.41 Å². The quantitative estimate of drug-likeness (QED) is 0.165. The Labute approximate surface area is 310 Å². The molecule has 0 unspecified atom stereocenters. The summed E-state index contributed by atoms with van der Waals surface area (Å²) in [5.41, 5.74) is 16.3. The standard InChI is InChI=1S/C51H40N2/c1-51(2,39-27-19-35(20-28-39)37-23-31-41(32-24-37)52-47-15-7-3-11-43(47)44-12-4-8-16-48(44)52)40-29-21-36(22-30-40)38-25-33-42(34-26-38)53-49-17-9-5-13-45(49)46-14-6-10-18-50(46)53/h3-9,11-17,19-34H,10,18H2,1-2H3. The molecule has 1 aliphatic rings. The summed E-state index contributed by atoms with van der Waals surface area (Å²) in [6, 6.07) is 62.5. The number of hydrogen-bond acceptors (Lipinski definition) is 0. The Morgan fingerprint density at radius 3 is 1.30 bits per heavy atom. The van der Waals surface area contributed by atoms with E-state index in [1.165, 1.54) is 88.7 Å². The van der Waals surface area contributed by atoms with Crippen LogP contribution in [0.3, 0.4) is 0 Å². The van der Waals surface area contributed by atoms with Gasteiger partial charge < -0.3 is 9.13 Å². The fourth-order valence-corrected chi connectivity index (χ4v) is 8.60. The van der Waals surface area contributed by atoms with Crippen LogP contribution >= 0.6 is 0 Å². The van der Waals surface area contributed by atoms with Crippen LogP contribution in [0.4, 0.5) is 0 Å². The molecule has 0 radical (unpaired) electrons. The van der Waals surface area contributed by atoms with Crippen LogP contribution in [-0.4, -0.2) is 9.13 Å². The summed E-state index contributed by atoms with van der Waals surface area (Å²) in [7, 11) is 0. The lowest BCUT2D eigenvalue weighted by molar-refractivity contribution is 0.641. The van der Waals surface area contributed by atoms with Gasteiger partial charge >= 0.3 is 0 Å². The molecule has 7 aromatic carbocycles. The fraction of sp³-hybridized carbons (Fsp3) is 0.0980. The third kappa shape index (κ3) is 5.17. The van der Waals surface area contributed by atoms with Crippen molar-refractivity contribution in [1.82, 2.24) is 9.13 Å². The first-order valence-corrected chi connectivity index (χ1v) is 18.7. The van der Waals surface area contributed by atoms with Gasteiger partial charge in [0, 0.05) is 44.2 Å². The average molecular weight is 681 g/mol. The molecule has 2 nitrogen and oxygen atoms in total. The van der Waals surface area contributed by atoms with E-state index in [9.17, 15) is 0 Å². The smallest absolute Gasteiger partial charge is 0.0541 e. The Bertz CT molecular complexity index is 2750. The molecule has 0 saturated heterocycles. The summed E-state index contributed by atoms with van der Waals surface area (Å²) in [6.07, 6.45) is 6.76. The number of fused-ring (bicyclic) bond motifs is 6. The molecule has 0 saturated carbocycles. The Morgan fingerprint density at radius 1 is 0.415 bits per heavy atom. The van der Waals surface area contributed by atoms with Gasteiger partial charge in [0.1, 0.15) is 0 Å². The highest BCUT2D eigenvalue weighted by Gasteiger charge is 2.23. The Morgan fingerprint density at radius 2 is 0.811 bits per heavy atom. The second-order valence-corrected chi connectivity index (χ2v) is 14.9. The van der Waals surface area contributed by atoms with E-state index in [1.807, 2.05) is 0 Å². The van der Waals surface area contributed by atoms with Crippen molar-refractivity contribution >= 4 is 38.8 Å². The van der Waals surface area contributed by atoms with Crippen LogP contribution in [0.25, 0.3) is 72.4 Å². The van der Waals surface area contributed by atoms with Gasteiger partial charge in [0.15, 0.2) is 0 Å². The Hall–Kier alpha value is -6.38. The molecule has 53 heavy (non-hydrogen) atoms. The molecule has 0 bridgehead atoms. The molecule has 0 atom stereocenters. The minimum Gasteiger partial charge on any atom is -0.313 e. The monoisotopic (exact) mass is 680 g/mol. The van der Waals surface area contributed by atoms with Crippen molar-refractivity contribution < 1.29 is 0 Å². The van der Waals surface area contributed by atoms with Crippen LogP contribution < -0.4 is 0 Å². The first-order chi connectivity index (χ1) is 26.0. The van der Waals surface area contributed by atoms with E-state index in [4.69, 9.17) is 0 Å². The third-order valence-corrected chi connectivity index (χ3v) is 11.6. The molecule has 254 valence electrons. The maximum absolute atomic E-state index is 2.46. The van der Waals surface area contributed by atoms with Gasteiger partial charge in [0.2, 0.25) is 0 Å². The van der Waals surface area contributed by atoms with E-state index in [2.05, 4.69) is 205 Å². The molecule has 0 N–H and O–H groups in total. The molecular weight excluding hydrogens is 641 g/mol. The average Bonchev–Trinajstić information content (AvgIpc) is 3.74. The van der Waals surface area contributed by atoms with Gasteiger partial charge in [-0.25, -0.2) is 0 Å². The van der Waals surface area contributed by atoms with Crippen LogP contribution in [0.15, 0.2) is 176 Å². The molecule has 1 aliphatic carbocycles. The molecular formula is C51H40N2. The number of benzene rings is 7. The second-order valence-electron chi connectivity index (χ2n) is 14.9. The SMILES string of the molecule is CC(C)(c1ccc(-c2ccc(-n3c4c(c5ccccc53)C=CCC4)cc2)cc1)c1ccc(-c2ccc(-n3c4ccccc4c4ccccc43)cc2)cc1. The topological polar surface area (TPSA) is 9.86 Å². The van der Waals surface area contributed by atoms with E-state index < -0.39 is 0 Å². The molecule has 9 aromatic rings. The van der Waals surface area contributed by atoms with Gasteiger partial charge in [-0.1, -0.05) is 153 Å². The summed E-state index contributed by atoms with van der Waals surface area (Å²) >= 11 is 0. The molecule has 2 aromatic heterocycles. The van der Waals surface area contributed by atoms with Gasteiger partial charge in [-0.15, -0.1) is 0 Å². The van der Waals surface area contributed by atoms with Gasteiger partial charge in [-0.3, -0.25) is 0 Å². The van der Waals surface area contributed by atoms with E-state index >= 15 is 0 Å². The largest absolute Gasteiger partial charge is 0.313 e. The Kier molecular flexibility index (Phi) is 7.33. The van der Waals surface area contributed by atoms with Crippen LogP contribution in [0.2, 0.25) is 0 Å². The number of allylic oxidation sites excluding steroid dienone is 1. The van der Waals surface area contributed by atoms with Gasteiger partial charge in [0.25, 0.3) is 0 Å². The van der Waals surface area contributed by atoms with Crippen molar-refractivity contribution in [2.75, 3.05) is 0 Å². The zero-order valence-corrected chi connectivity index (χ0v) is 30.1. The maximum atomic E-state index is 2.46. The molecule has 0 fully saturated rings. The number of nitrogens with zero attached hydrogens (tertiary/aromatic N) is 2. The number of hydrogen-bond donors (Lipinski definition) is 0. The van der Waals surface area contributed by atoms with Crippen LogP contribution in [0, 0.1) is 0 Å². The van der Waals surface area contributed by atoms with Crippen molar-refractivity contribution in [3.8, 4) is 33.6 Å². The zero-order valence-electron chi connectivity index (χ0n) is 30.1. The molecule has 0 amide bonds. The summed E-state index contributed by atoms with van der Waals surface area (Å²) in [5.74, 6) is 0. The van der Waals surface area contributed by atoms with Crippen molar-refractivity contribution in [2.24, 2.45) is 0 Å². The van der Waals surface area contributed by atoms with Crippen molar-refractivity contribution in [3.63, 3.8) is 0 Å². The second kappa shape index (κ2) is 12.4. The molecule has 10 rings (SSSR count). The lowest BCUT2D eigenvalue weighted by Gasteiger charge is -2.26. The summed E-state index contributed by atoms with van der Waals surface area (Å²) in [6.45, 7) is 4.65. The minimum absolute atomic E-state index is 0.135. The molecule has 2 heterocycles. The Balaban J connectivity index is 0.883. The van der Waals surface area contributed by atoms with E-state index in [0.717, 1.165) is 12.8 Å². The lowest BCUT2D eigenvalue weighted by atomic mass is 9.77. The number of aromatic nitrogens is 2. The van der Waals surface area contributed by atoms with Crippen LogP contribution in [0.1, 0.15) is 42.7 Å². The predicted octanol–water partition coefficient (Wildman–Crippen LogP) is 13.3. The maximum Gasteiger partial charge on any atom is 0.0541 e. The fourth-order valence-electron chi connectivity index (χ4n) is 8.60. The first kappa shape index (κ1) is 31.4. The molecule has 0 aliphatic heterocycles. The van der Waals surface area contributed by atoms with Gasteiger partial charge in [0.05, 0.1) is 16.6 Å². The third-order valence-electron chi connectivity index (χ3n) is 11.6. The minimum atomic E-state index is -0.135. The van der Waals surface area contributed by atoms with Crippen LogP contribution in [0.5, 0.6) is 0 Å². The first-order valence-electron chi connectivity index (χ1n) is 18.7. The van der Waals surface area contributed by atoms with Crippen molar-refractivity contribution in [1.29, 1.82) is 0 Å². The summed E-state index contributed by atoms with van der Waals surface area (Å²) < 4.78 is 4.83. The van der Waals surface area contributed by atoms with Gasteiger partial charge in [-0.2, -0.15) is 0 Å². The normalized spacial score (nSPS) is 12.9. The highest BCUT2D eigenvalue weighted by Crippen LogP contribution is 2.37. The lowest BCUT2D eigenvalue weighted by Crippen LogP contribution is -2.18. The summed E-state index contributed by atoms with van der Waals surface area (Å²) in [4.78, 5) is 0.